The molecular weight excluding hydrogens is 114 g/mol. The predicted molar refractivity (Wildman–Crippen MR) is 29.3 cm³/mol. The topological polar surface area (TPSA) is 46.5 Å². The Kier molecular flexibility index (Phi) is 1.95. The fraction of sp³-hybridized carbons (Fsp3) is 0.667. The fourth-order valence-electron chi connectivity index (χ4n) is 0.191. The zero-order valence-corrected chi connectivity index (χ0v) is 5.07. The number of rotatable bonds is 1. The lowest BCUT2D eigenvalue weighted by molar-refractivity contribution is 0.613. The van der Waals surface area contributed by atoms with Crippen LogP contribution in [-0.4, -0.2) is 27.3 Å². The zero-order chi connectivity index (χ0) is 5.91. The summed E-state index contributed by atoms with van der Waals surface area (Å²) in [6.07, 6.45) is 1.10. The minimum absolute atomic E-state index is 0.910. The molecule has 3 nitrogen and oxygen atoms in total. The smallest absolute Gasteiger partial charge is 0.185 e. The summed E-state index contributed by atoms with van der Waals surface area (Å²) in [6, 6.07) is 0. The van der Waals surface area contributed by atoms with Gasteiger partial charge in [-0.25, -0.2) is 8.42 Å². The van der Waals surface area contributed by atoms with Crippen LogP contribution in [0.3, 0.4) is 0 Å². The van der Waals surface area contributed by atoms with E-state index in [1.807, 2.05) is 0 Å². The second kappa shape index (κ2) is 2.07. The van der Waals surface area contributed by atoms with Gasteiger partial charge in [-0.15, -0.1) is 0 Å². The highest BCUT2D eigenvalue weighted by Crippen LogP contribution is 1.70. The van der Waals surface area contributed by atoms with E-state index in [-0.39, 0.29) is 0 Å². The number of hydrogen-bond acceptors (Lipinski definition) is 3. The molecule has 0 saturated heterocycles. The van der Waals surface area contributed by atoms with Crippen molar-refractivity contribution in [2.24, 2.45) is 4.99 Å². The third-order valence-electron chi connectivity index (χ3n) is 0.297. The summed E-state index contributed by atoms with van der Waals surface area (Å²) in [7, 11) is -1.55. The molecule has 42 valence electrons. The van der Waals surface area contributed by atoms with Crippen LogP contribution in [0, 0.1) is 0 Å². The first-order chi connectivity index (χ1) is 3.06. The SMILES string of the molecule is CN=CS(C)(=O)=O. The highest BCUT2D eigenvalue weighted by atomic mass is 32.2. The zero-order valence-electron chi connectivity index (χ0n) is 4.25. The Labute approximate surface area is 43.0 Å². The van der Waals surface area contributed by atoms with E-state index in [1.54, 1.807) is 0 Å². The maximum Gasteiger partial charge on any atom is 0.185 e. The van der Waals surface area contributed by atoms with Gasteiger partial charge >= 0.3 is 0 Å². The maximum absolute atomic E-state index is 10.1. The molecule has 0 rings (SSSR count). The lowest BCUT2D eigenvalue weighted by Crippen LogP contribution is -1.94. The Bertz CT molecular complexity index is 156. The first-order valence-electron chi connectivity index (χ1n) is 1.68. The van der Waals surface area contributed by atoms with Crippen LogP contribution in [0.4, 0.5) is 0 Å². The van der Waals surface area contributed by atoms with E-state index in [4.69, 9.17) is 0 Å². The largest absolute Gasteiger partial charge is 0.284 e. The van der Waals surface area contributed by atoms with Gasteiger partial charge in [-0.1, -0.05) is 0 Å². The maximum atomic E-state index is 10.1. The van der Waals surface area contributed by atoms with Gasteiger partial charge in [0.25, 0.3) is 0 Å². The summed E-state index contributed by atoms with van der Waals surface area (Å²) < 4.78 is 20.2. The van der Waals surface area contributed by atoms with Crippen LogP contribution >= 0.6 is 0 Å². The van der Waals surface area contributed by atoms with E-state index >= 15 is 0 Å². The van der Waals surface area contributed by atoms with Crippen molar-refractivity contribution in [3.63, 3.8) is 0 Å². The van der Waals surface area contributed by atoms with E-state index in [0.29, 0.717) is 0 Å². The summed E-state index contributed by atoms with van der Waals surface area (Å²) in [4.78, 5) is 3.29. The van der Waals surface area contributed by atoms with Crippen molar-refractivity contribution in [1.82, 2.24) is 0 Å². The van der Waals surface area contributed by atoms with Gasteiger partial charge in [0.2, 0.25) is 0 Å². The molecule has 7 heavy (non-hydrogen) atoms. The third kappa shape index (κ3) is 5.62. The van der Waals surface area contributed by atoms with E-state index in [2.05, 4.69) is 4.99 Å². The quantitative estimate of drug-likeness (QED) is 0.353. The van der Waals surface area contributed by atoms with Crippen LogP contribution in [0.2, 0.25) is 0 Å². The molecule has 0 amide bonds. The molecule has 0 aromatic rings. The van der Waals surface area contributed by atoms with Gasteiger partial charge in [0.15, 0.2) is 9.84 Å². The Hall–Kier alpha value is -0.380. The molecule has 0 aliphatic rings. The van der Waals surface area contributed by atoms with Gasteiger partial charge in [0.05, 0.1) is 0 Å². The summed E-state index contributed by atoms with van der Waals surface area (Å²) in [5.74, 6) is 0. The normalized spacial score (nSPS) is 12.9. The minimum atomic E-state index is -2.97. The van der Waals surface area contributed by atoms with Gasteiger partial charge in [-0.2, -0.15) is 0 Å². The van der Waals surface area contributed by atoms with Crippen LogP contribution in [0.1, 0.15) is 0 Å². The van der Waals surface area contributed by atoms with E-state index in [1.165, 1.54) is 7.05 Å². The van der Waals surface area contributed by atoms with Crippen molar-refractivity contribution in [3.8, 4) is 0 Å². The highest BCUT2D eigenvalue weighted by molar-refractivity contribution is 8.03. The molecule has 0 spiro atoms. The molecule has 0 unspecified atom stereocenters. The number of sulfone groups is 1. The van der Waals surface area contributed by atoms with E-state index < -0.39 is 9.84 Å². The third-order valence-corrected chi connectivity index (χ3v) is 0.891. The standard InChI is InChI=1S/C3H7NO2S/c1-4-3-7(2,5)6/h3H,1-2H3. The number of nitrogens with zero attached hydrogens (tertiary/aromatic N) is 1. The fourth-order valence-corrected chi connectivity index (χ4v) is 0.574. The summed E-state index contributed by atoms with van der Waals surface area (Å²) in [5, 5.41) is 0. The molecule has 0 saturated carbocycles. The van der Waals surface area contributed by atoms with Crippen LogP contribution in [-0.2, 0) is 9.84 Å². The minimum Gasteiger partial charge on any atom is -0.284 e. The Balaban J connectivity index is 4.13. The molecule has 0 atom stereocenters. The van der Waals surface area contributed by atoms with Gasteiger partial charge in [-0.3, -0.25) is 4.99 Å². The first kappa shape index (κ1) is 6.62. The molecule has 0 fully saturated rings. The van der Waals surface area contributed by atoms with Crippen LogP contribution in [0.25, 0.3) is 0 Å². The molecular formula is C3H7NO2S. The molecule has 0 aliphatic heterocycles. The van der Waals surface area contributed by atoms with Gasteiger partial charge in [0.1, 0.15) is 5.55 Å². The molecule has 0 bridgehead atoms. The lowest BCUT2D eigenvalue weighted by Gasteiger charge is -1.76. The van der Waals surface area contributed by atoms with Crippen molar-refractivity contribution >= 4 is 15.4 Å². The number of aliphatic imine (C=N–C) groups is 1. The molecule has 0 radical (unpaired) electrons. The van der Waals surface area contributed by atoms with Gasteiger partial charge in [0, 0.05) is 13.3 Å². The van der Waals surface area contributed by atoms with Crippen molar-refractivity contribution in [2.45, 2.75) is 0 Å². The average molecular weight is 121 g/mol. The van der Waals surface area contributed by atoms with Gasteiger partial charge < -0.3 is 0 Å². The molecule has 0 aliphatic carbocycles. The second-order valence-electron chi connectivity index (χ2n) is 1.19. The first-order valence-corrected chi connectivity index (χ1v) is 3.64. The molecule has 0 heterocycles. The Morgan fingerprint density at radius 2 is 2.00 bits per heavy atom. The second-order valence-corrected chi connectivity index (χ2v) is 3.06. The molecule has 4 heteroatoms. The van der Waals surface area contributed by atoms with Gasteiger partial charge in [-0.05, 0) is 0 Å². The molecule has 0 N–H and O–H groups in total. The van der Waals surface area contributed by atoms with E-state index in [0.717, 1.165) is 11.8 Å². The van der Waals surface area contributed by atoms with Crippen LogP contribution in [0.15, 0.2) is 4.99 Å². The lowest BCUT2D eigenvalue weighted by atomic mass is 11.4. The highest BCUT2D eigenvalue weighted by Gasteiger charge is 1.89. The van der Waals surface area contributed by atoms with Crippen molar-refractivity contribution < 1.29 is 8.42 Å². The van der Waals surface area contributed by atoms with Crippen LogP contribution in [0.5, 0.6) is 0 Å². The van der Waals surface area contributed by atoms with E-state index in [9.17, 15) is 8.42 Å². The summed E-state index contributed by atoms with van der Waals surface area (Å²) >= 11 is 0. The Morgan fingerprint density at radius 3 is 2.00 bits per heavy atom. The molecule has 0 aromatic heterocycles. The van der Waals surface area contributed by atoms with Crippen LogP contribution < -0.4 is 0 Å². The predicted octanol–water partition coefficient (Wildman–Crippen LogP) is -0.311. The van der Waals surface area contributed by atoms with Crippen molar-refractivity contribution in [1.29, 1.82) is 0 Å². The molecule has 0 aromatic carbocycles. The van der Waals surface area contributed by atoms with Crippen molar-refractivity contribution in [3.05, 3.63) is 0 Å². The monoisotopic (exact) mass is 121 g/mol. The number of hydrogen-bond donors (Lipinski definition) is 0. The summed E-state index contributed by atoms with van der Waals surface area (Å²) in [6.45, 7) is 0. The average Bonchev–Trinajstić information content (AvgIpc) is 1.30. The summed E-state index contributed by atoms with van der Waals surface area (Å²) in [5.41, 5.74) is 0.910. The van der Waals surface area contributed by atoms with Crippen molar-refractivity contribution in [2.75, 3.05) is 13.3 Å². The Morgan fingerprint density at radius 1 is 1.57 bits per heavy atom.